The number of aliphatic hydroxyl groups is 4. The molecule has 0 amide bonds. The topological polar surface area (TPSA) is 80.9 Å². The summed E-state index contributed by atoms with van der Waals surface area (Å²) >= 11 is 0. The summed E-state index contributed by atoms with van der Waals surface area (Å²) in [5, 5.41) is 57.6. The number of hydrogen-bond acceptors (Lipinski definition) is 4. The Kier molecular flexibility index (Phi) is 14.2. The minimum absolute atomic E-state index is 0.228. The molecule has 4 nitrogen and oxygen atoms in total. The lowest BCUT2D eigenvalue weighted by molar-refractivity contribution is -0.211. The molecule has 0 aliphatic rings. The molecule has 4 aromatic rings. The van der Waals surface area contributed by atoms with Crippen LogP contribution in [0.2, 0.25) is 0 Å². The normalized spacial score (nSPS) is 14.6. The zero-order valence-electron chi connectivity index (χ0n) is 45.6. The van der Waals surface area contributed by atoms with Crippen LogP contribution in [-0.2, 0) is 54.5 Å². The van der Waals surface area contributed by atoms with Crippen LogP contribution < -0.4 is 0 Å². The zero-order valence-corrected chi connectivity index (χ0v) is 45.6. The molecule has 0 radical (unpaired) electrons. The summed E-state index contributed by atoms with van der Waals surface area (Å²) in [5.74, 6) is 0. The lowest BCUT2D eigenvalue weighted by Gasteiger charge is -2.59. The van der Waals surface area contributed by atoms with E-state index in [1.54, 1.807) is 0 Å². The molecule has 65 heavy (non-hydrogen) atoms. The van der Waals surface area contributed by atoms with Gasteiger partial charge < -0.3 is 20.4 Å². The Bertz CT molecular complexity index is 2110. The number of hydrogen-bond donors (Lipinski definition) is 4. The highest BCUT2D eigenvalue weighted by Gasteiger charge is 2.68. The molecule has 4 heteroatoms. The fourth-order valence-corrected chi connectivity index (χ4v) is 10.3. The summed E-state index contributed by atoms with van der Waals surface area (Å²) in [5.41, 5.74) is -0.604. The van der Waals surface area contributed by atoms with Gasteiger partial charge in [0.05, 0.1) is 18.6 Å². The highest BCUT2D eigenvalue weighted by Crippen LogP contribution is 2.64. The quantitative estimate of drug-likeness (QED) is 0.142. The second-order valence-electron chi connectivity index (χ2n) is 27.8. The number of aliphatic hydroxyl groups excluding tert-OH is 2. The average Bonchev–Trinajstić information content (AvgIpc) is 3.14. The first kappa shape index (κ1) is 54.3. The third-order valence-electron chi connectivity index (χ3n) is 14.2. The molecule has 0 saturated heterocycles. The van der Waals surface area contributed by atoms with E-state index in [9.17, 15) is 10.2 Å². The molecular weight excluding hydrogens is 797 g/mol. The lowest BCUT2D eigenvalue weighted by Crippen LogP contribution is -2.66. The van der Waals surface area contributed by atoms with Gasteiger partial charge in [-0.3, -0.25) is 0 Å². The van der Waals surface area contributed by atoms with Crippen molar-refractivity contribution in [2.24, 2.45) is 5.41 Å². The maximum atomic E-state index is 15.8. The Balaban J connectivity index is 2.71. The molecule has 0 unspecified atom stereocenters. The molecule has 4 N–H and O–H groups in total. The maximum absolute atomic E-state index is 15.8. The predicted molar refractivity (Wildman–Crippen MR) is 278 cm³/mol. The van der Waals surface area contributed by atoms with Gasteiger partial charge in [-0.1, -0.05) is 239 Å². The predicted octanol–water partition coefficient (Wildman–Crippen LogP) is 14.2. The van der Waals surface area contributed by atoms with E-state index in [1.807, 2.05) is 12.1 Å². The Morgan fingerprint density at radius 3 is 0.738 bits per heavy atom. The van der Waals surface area contributed by atoms with Gasteiger partial charge in [0, 0.05) is 0 Å². The Morgan fingerprint density at radius 2 is 0.538 bits per heavy atom. The fraction of sp³-hybridized carbons (Fsp3) is 0.607. The molecule has 4 aromatic carbocycles. The van der Waals surface area contributed by atoms with E-state index in [-0.39, 0.29) is 10.8 Å². The molecule has 0 bridgehead atoms. The van der Waals surface area contributed by atoms with Gasteiger partial charge in [-0.05, 0) is 110 Å². The molecule has 0 fully saturated rings. The van der Waals surface area contributed by atoms with Crippen molar-refractivity contribution in [3.8, 4) is 0 Å². The van der Waals surface area contributed by atoms with Crippen LogP contribution in [0.4, 0.5) is 0 Å². The van der Waals surface area contributed by atoms with Crippen molar-refractivity contribution in [2.75, 3.05) is 13.2 Å². The minimum Gasteiger partial charge on any atom is -0.395 e. The number of benzene rings is 4. The van der Waals surface area contributed by atoms with Crippen LogP contribution in [0.25, 0.3) is 0 Å². The van der Waals surface area contributed by atoms with Crippen LogP contribution >= 0.6 is 0 Å². The van der Waals surface area contributed by atoms with Crippen molar-refractivity contribution in [3.63, 3.8) is 0 Å². The molecule has 0 aliphatic carbocycles. The van der Waals surface area contributed by atoms with Gasteiger partial charge in [0.1, 0.15) is 11.2 Å². The highest BCUT2D eigenvalue weighted by atomic mass is 16.3. The Morgan fingerprint density at radius 1 is 0.292 bits per heavy atom. The van der Waals surface area contributed by atoms with Gasteiger partial charge in [0.15, 0.2) is 0 Å². The van der Waals surface area contributed by atoms with Crippen molar-refractivity contribution in [2.45, 2.75) is 221 Å². The van der Waals surface area contributed by atoms with Crippen molar-refractivity contribution >= 4 is 0 Å². The van der Waals surface area contributed by atoms with Gasteiger partial charge >= 0.3 is 0 Å². The molecule has 0 heterocycles. The second kappa shape index (κ2) is 17.0. The van der Waals surface area contributed by atoms with Crippen molar-refractivity contribution in [1.29, 1.82) is 0 Å². The van der Waals surface area contributed by atoms with Crippen LogP contribution in [0.5, 0.6) is 0 Å². The third kappa shape index (κ3) is 9.73. The van der Waals surface area contributed by atoms with E-state index in [4.69, 9.17) is 0 Å². The smallest absolute Gasteiger partial charge is 0.129 e. The standard InChI is InChI=1S/C61H92O4/c1-51(2,3)39-31-33-41(47(35-39)57(19,20)21)60(64,42-34-32-40(52(4,5)6)36-48(42)58(22,23)24)59(37-62,38-63)61(65,49-43(53(7,8)9)27-25-28-44(49)54(10,11)12)50-45(55(13,14)15)29-26-30-46(50)56(16,17)18/h25-36,62-65H,37-38H2,1-24H3. The Hall–Kier alpha value is -3.28. The monoisotopic (exact) mass is 889 g/mol. The van der Waals surface area contributed by atoms with Crippen LogP contribution in [0, 0.1) is 5.41 Å². The van der Waals surface area contributed by atoms with E-state index in [1.165, 1.54) is 0 Å². The zero-order chi connectivity index (χ0) is 50.3. The van der Waals surface area contributed by atoms with E-state index < -0.39 is 62.3 Å². The molecule has 4 rings (SSSR count). The van der Waals surface area contributed by atoms with Crippen LogP contribution in [0.3, 0.4) is 0 Å². The fourth-order valence-electron chi connectivity index (χ4n) is 10.3. The number of rotatable bonds is 8. The molecule has 0 spiro atoms. The SMILES string of the molecule is CC(C)(C)c1ccc(C(O)(c2ccc(C(C)(C)C)cc2C(C)(C)C)C(CO)(CO)C(O)(c2c(C(C)(C)C)cccc2C(C)(C)C)c2c(C(C)(C)C)cccc2C(C)(C)C)c(C(C)(C)C)c1. The second-order valence-corrected chi connectivity index (χ2v) is 27.8. The summed E-state index contributed by atoms with van der Waals surface area (Å²) in [6.45, 7) is 50.6. The van der Waals surface area contributed by atoms with E-state index in [0.717, 1.165) is 44.5 Å². The van der Waals surface area contributed by atoms with Crippen molar-refractivity contribution in [1.82, 2.24) is 0 Å². The van der Waals surface area contributed by atoms with E-state index in [2.05, 4.69) is 227 Å². The van der Waals surface area contributed by atoms with Gasteiger partial charge in [0.2, 0.25) is 0 Å². The van der Waals surface area contributed by atoms with Crippen LogP contribution in [0.1, 0.15) is 233 Å². The lowest BCUT2D eigenvalue weighted by atomic mass is 9.48. The molecule has 0 saturated carbocycles. The summed E-state index contributed by atoms with van der Waals surface area (Å²) < 4.78 is 0. The van der Waals surface area contributed by atoms with E-state index >= 15 is 10.2 Å². The Labute approximate surface area is 397 Å². The summed E-state index contributed by atoms with van der Waals surface area (Å²) in [4.78, 5) is 0. The van der Waals surface area contributed by atoms with Crippen molar-refractivity contribution in [3.05, 3.63) is 140 Å². The first-order chi connectivity index (χ1) is 29.0. The molecule has 0 aromatic heterocycles. The van der Waals surface area contributed by atoms with Crippen LogP contribution in [-0.4, -0.2) is 33.6 Å². The average molecular weight is 889 g/mol. The van der Waals surface area contributed by atoms with Crippen LogP contribution in [0.15, 0.2) is 72.8 Å². The van der Waals surface area contributed by atoms with Gasteiger partial charge in [0.25, 0.3) is 0 Å². The van der Waals surface area contributed by atoms with Gasteiger partial charge in [-0.25, -0.2) is 0 Å². The summed E-state index contributed by atoms with van der Waals surface area (Å²) in [7, 11) is 0. The first-order valence-electron chi connectivity index (χ1n) is 24.3. The van der Waals surface area contributed by atoms with Gasteiger partial charge in [-0.2, -0.15) is 0 Å². The summed E-state index contributed by atoms with van der Waals surface area (Å²) in [6, 6.07) is 25.2. The largest absolute Gasteiger partial charge is 0.395 e. The van der Waals surface area contributed by atoms with E-state index in [0.29, 0.717) is 22.3 Å². The molecule has 0 aliphatic heterocycles. The maximum Gasteiger partial charge on any atom is 0.129 e. The minimum atomic E-state index is -2.28. The van der Waals surface area contributed by atoms with Gasteiger partial charge in [-0.15, -0.1) is 0 Å². The molecule has 0 atom stereocenters. The molecular formula is C61H92O4. The molecule has 360 valence electrons. The first-order valence-corrected chi connectivity index (χ1v) is 24.3. The van der Waals surface area contributed by atoms with Crippen molar-refractivity contribution < 1.29 is 20.4 Å². The summed E-state index contributed by atoms with van der Waals surface area (Å²) in [6.07, 6.45) is 0. The third-order valence-corrected chi connectivity index (χ3v) is 14.2. The highest BCUT2D eigenvalue weighted by molar-refractivity contribution is 5.62.